The lowest BCUT2D eigenvalue weighted by atomic mass is 9.82. The Morgan fingerprint density at radius 2 is 2.06 bits per heavy atom. The lowest BCUT2D eigenvalue weighted by Gasteiger charge is -2.48. The van der Waals surface area contributed by atoms with E-state index in [0.29, 0.717) is 6.04 Å². The Balaban J connectivity index is 1.97. The van der Waals surface area contributed by atoms with Crippen LogP contribution in [0.5, 0.6) is 0 Å². The molecule has 0 aromatic carbocycles. The summed E-state index contributed by atoms with van der Waals surface area (Å²) in [6, 6.07) is 1.44. The molecule has 2 aliphatic rings. The van der Waals surface area contributed by atoms with E-state index in [1.165, 1.54) is 45.3 Å². The lowest BCUT2D eigenvalue weighted by Crippen LogP contribution is -2.57. The van der Waals surface area contributed by atoms with Gasteiger partial charge in [-0.25, -0.2) is 0 Å². The fourth-order valence-corrected chi connectivity index (χ4v) is 4.00. The minimum absolute atomic E-state index is 0.600. The van der Waals surface area contributed by atoms with Crippen molar-refractivity contribution < 1.29 is 0 Å². The summed E-state index contributed by atoms with van der Waals surface area (Å²) in [7, 11) is 2.31. The van der Waals surface area contributed by atoms with E-state index in [9.17, 15) is 0 Å². The molecule has 18 heavy (non-hydrogen) atoms. The van der Waals surface area contributed by atoms with Gasteiger partial charge in [-0.15, -0.1) is 0 Å². The third-order valence-corrected chi connectivity index (χ3v) is 5.39. The van der Waals surface area contributed by atoms with Gasteiger partial charge in [0.1, 0.15) is 0 Å². The van der Waals surface area contributed by atoms with Crippen LogP contribution >= 0.6 is 0 Å². The molecule has 2 rings (SSSR count). The number of piperidine rings is 2. The maximum absolute atomic E-state index is 6.02. The van der Waals surface area contributed by atoms with Gasteiger partial charge in [0.25, 0.3) is 0 Å². The number of nitrogens with two attached hydrogens (primary N) is 1. The number of fused-ring (bicyclic) bond motifs is 1. The summed E-state index contributed by atoms with van der Waals surface area (Å²) in [5.74, 6) is 1.61. The first-order valence-corrected chi connectivity index (χ1v) is 7.81. The average molecular weight is 253 g/mol. The smallest absolute Gasteiger partial charge is 0.0244 e. The van der Waals surface area contributed by atoms with Crippen LogP contribution in [0.1, 0.15) is 39.5 Å². The largest absolute Gasteiger partial charge is 0.329 e. The topological polar surface area (TPSA) is 32.5 Å². The van der Waals surface area contributed by atoms with Crippen LogP contribution in [0.4, 0.5) is 0 Å². The highest BCUT2D eigenvalue weighted by atomic mass is 15.2. The van der Waals surface area contributed by atoms with E-state index in [2.05, 4.69) is 30.7 Å². The van der Waals surface area contributed by atoms with Gasteiger partial charge in [0, 0.05) is 31.7 Å². The molecule has 2 saturated heterocycles. The number of hydrogen-bond donors (Lipinski definition) is 1. The molecular weight excluding hydrogens is 222 g/mol. The maximum Gasteiger partial charge on any atom is 0.0244 e. The zero-order chi connectivity index (χ0) is 13.1. The Bertz CT molecular complexity index is 256. The van der Waals surface area contributed by atoms with Crippen molar-refractivity contribution in [1.82, 2.24) is 9.80 Å². The van der Waals surface area contributed by atoms with Crippen molar-refractivity contribution in [3.63, 3.8) is 0 Å². The van der Waals surface area contributed by atoms with Crippen LogP contribution in [0.15, 0.2) is 0 Å². The average Bonchev–Trinajstić information content (AvgIpc) is 2.39. The SMILES string of the molecule is CCC(C)C(CN)N1CCC2C(CCCN2C)C1. The van der Waals surface area contributed by atoms with Crippen molar-refractivity contribution in [1.29, 1.82) is 0 Å². The minimum Gasteiger partial charge on any atom is -0.329 e. The number of likely N-dealkylation sites (tertiary alicyclic amines) is 2. The monoisotopic (exact) mass is 253 g/mol. The van der Waals surface area contributed by atoms with E-state index >= 15 is 0 Å². The molecule has 2 heterocycles. The van der Waals surface area contributed by atoms with Crippen molar-refractivity contribution in [3.05, 3.63) is 0 Å². The van der Waals surface area contributed by atoms with Crippen LogP contribution in [-0.4, -0.2) is 55.1 Å². The van der Waals surface area contributed by atoms with Gasteiger partial charge < -0.3 is 10.6 Å². The number of rotatable bonds is 4. The van der Waals surface area contributed by atoms with Gasteiger partial charge in [-0.1, -0.05) is 20.3 Å². The Kier molecular flexibility index (Phi) is 5.05. The van der Waals surface area contributed by atoms with Crippen molar-refractivity contribution in [3.8, 4) is 0 Å². The van der Waals surface area contributed by atoms with E-state index in [-0.39, 0.29) is 0 Å². The summed E-state index contributed by atoms with van der Waals surface area (Å²) >= 11 is 0. The normalized spacial score (nSPS) is 34.0. The second-order valence-corrected chi connectivity index (χ2v) is 6.42. The first kappa shape index (κ1) is 14.3. The van der Waals surface area contributed by atoms with Crippen LogP contribution < -0.4 is 5.73 Å². The van der Waals surface area contributed by atoms with Crippen LogP contribution in [0.25, 0.3) is 0 Å². The Hall–Kier alpha value is -0.120. The summed E-state index contributed by atoms with van der Waals surface area (Å²) in [5.41, 5.74) is 6.02. The summed E-state index contributed by atoms with van der Waals surface area (Å²) in [6.45, 7) is 9.29. The van der Waals surface area contributed by atoms with Gasteiger partial charge in [0.15, 0.2) is 0 Å². The molecule has 2 fully saturated rings. The zero-order valence-corrected chi connectivity index (χ0v) is 12.4. The summed E-state index contributed by atoms with van der Waals surface area (Å²) in [4.78, 5) is 5.28. The molecule has 0 amide bonds. The standard InChI is InChI=1S/C15H31N3/c1-4-12(2)15(10-16)18-9-7-14-13(11-18)6-5-8-17(14)3/h12-15H,4-11,16H2,1-3H3. The maximum atomic E-state index is 6.02. The minimum atomic E-state index is 0.600. The van der Waals surface area contributed by atoms with Gasteiger partial charge in [-0.3, -0.25) is 4.90 Å². The lowest BCUT2D eigenvalue weighted by molar-refractivity contribution is 0.0105. The van der Waals surface area contributed by atoms with Gasteiger partial charge >= 0.3 is 0 Å². The van der Waals surface area contributed by atoms with Gasteiger partial charge in [0.05, 0.1) is 0 Å². The fraction of sp³-hybridized carbons (Fsp3) is 1.00. The summed E-state index contributed by atoms with van der Waals surface area (Å²) in [5, 5.41) is 0. The molecule has 4 atom stereocenters. The molecule has 0 spiro atoms. The molecule has 0 saturated carbocycles. The Morgan fingerprint density at radius 3 is 2.72 bits per heavy atom. The molecule has 0 bridgehead atoms. The highest BCUT2D eigenvalue weighted by Gasteiger charge is 2.36. The quantitative estimate of drug-likeness (QED) is 0.829. The summed E-state index contributed by atoms with van der Waals surface area (Å²) in [6.07, 6.45) is 5.38. The summed E-state index contributed by atoms with van der Waals surface area (Å²) < 4.78 is 0. The number of nitrogens with zero attached hydrogens (tertiary/aromatic N) is 2. The molecule has 0 aliphatic carbocycles. The van der Waals surface area contributed by atoms with Gasteiger partial charge in [-0.05, 0) is 44.7 Å². The van der Waals surface area contributed by atoms with Crippen LogP contribution in [0.2, 0.25) is 0 Å². The first-order chi connectivity index (χ1) is 8.67. The van der Waals surface area contributed by atoms with Crippen LogP contribution in [0, 0.1) is 11.8 Å². The van der Waals surface area contributed by atoms with Crippen molar-refractivity contribution in [2.75, 3.05) is 33.2 Å². The van der Waals surface area contributed by atoms with E-state index in [4.69, 9.17) is 5.73 Å². The molecule has 4 unspecified atom stereocenters. The molecule has 3 heteroatoms. The van der Waals surface area contributed by atoms with Gasteiger partial charge in [0.2, 0.25) is 0 Å². The molecule has 106 valence electrons. The Labute approximate surface area is 113 Å². The van der Waals surface area contributed by atoms with E-state index < -0.39 is 0 Å². The molecule has 2 aliphatic heterocycles. The van der Waals surface area contributed by atoms with Crippen molar-refractivity contribution >= 4 is 0 Å². The molecule has 2 N–H and O–H groups in total. The third-order valence-electron chi connectivity index (χ3n) is 5.39. The fourth-order valence-electron chi connectivity index (χ4n) is 4.00. The van der Waals surface area contributed by atoms with Crippen LogP contribution in [-0.2, 0) is 0 Å². The highest BCUT2D eigenvalue weighted by Crippen LogP contribution is 2.31. The highest BCUT2D eigenvalue weighted by molar-refractivity contribution is 4.92. The first-order valence-electron chi connectivity index (χ1n) is 7.81. The van der Waals surface area contributed by atoms with E-state index in [1.807, 2.05) is 0 Å². The van der Waals surface area contributed by atoms with Crippen molar-refractivity contribution in [2.45, 2.75) is 51.6 Å². The van der Waals surface area contributed by atoms with E-state index in [1.54, 1.807) is 0 Å². The predicted octanol–water partition coefficient (Wildman–Crippen LogP) is 1.78. The predicted molar refractivity (Wildman–Crippen MR) is 77.6 cm³/mol. The second-order valence-electron chi connectivity index (χ2n) is 6.42. The molecule has 0 radical (unpaired) electrons. The zero-order valence-electron chi connectivity index (χ0n) is 12.4. The van der Waals surface area contributed by atoms with E-state index in [0.717, 1.165) is 24.4 Å². The van der Waals surface area contributed by atoms with Crippen molar-refractivity contribution in [2.24, 2.45) is 17.6 Å². The second kappa shape index (κ2) is 6.36. The molecule has 3 nitrogen and oxygen atoms in total. The number of hydrogen-bond acceptors (Lipinski definition) is 3. The molecule has 0 aromatic rings. The van der Waals surface area contributed by atoms with Gasteiger partial charge in [-0.2, -0.15) is 0 Å². The molecule has 0 aromatic heterocycles. The van der Waals surface area contributed by atoms with Crippen LogP contribution in [0.3, 0.4) is 0 Å². The third kappa shape index (κ3) is 2.89. The Morgan fingerprint density at radius 1 is 1.28 bits per heavy atom. The molecular formula is C15H31N3.